The van der Waals surface area contributed by atoms with Crippen molar-refractivity contribution < 1.29 is 77.1 Å². The summed E-state index contributed by atoms with van der Waals surface area (Å²) in [6.45, 7) is 15.6. The zero-order chi connectivity index (χ0) is 80.2. The summed E-state index contributed by atoms with van der Waals surface area (Å²) in [6, 6.07) is 29.8. The van der Waals surface area contributed by atoms with Crippen molar-refractivity contribution >= 4 is 82.5 Å². The first-order valence-electron chi connectivity index (χ1n) is 39.6. The van der Waals surface area contributed by atoms with E-state index in [1.54, 1.807) is 47.4 Å². The predicted octanol–water partition coefficient (Wildman–Crippen LogP) is 9.52. The highest BCUT2D eigenvalue weighted by Crippen LogP contribution is 2.60. The molecule has 12 N–H and O–H groups in total. The van der Waals surface area contributed by atoms with Crippen molar-refractivity contribution in [1.82, 2.24) is 31.9 Å². The monoisotopic (exact) mass is 1540 g/mol. The number of fused-ring (bicyclic) bond motifs is 6. The second-order valence-electron chi connectivity index (χ2n) is 31.4. The van der Waals surface area contributed by atoms with E-state index in [2.05, 4.69) is 76.0 Å². The number of carbonyl (C=O) groups excluding carboxylic acids is 10. The van der Waals surface area contributed by atoms with Gasteiger partial charge in [-0.05, 0) is 193 Å². The van der Waals surface area contributed by atoms with Crippen LogP contribution in [0.25, 0.3) is 6.08 Å². The van der Waals surface area contributed by atoms with Gasteiger partial charge in [0.15, 0.2) is 0 Å². The summed E-state index contributed by atoms with van der Waals surface area (Å²) in [4.78, 5) is 138. The van der Waals surface area contributed by atoms with Gasteiger partial charge < -0.3 is 77.0 Å². The maximum atomic E-state index is 14.8. The number of phenols is 1. The van der Waals surface area contributed by atoms with Crippen LogP contribution in [0.4, 0.5) is 26.7 Å². The fourth-order valence-electron chi connectivity index (χ4n) is 17.9. The molecule has 3 saturated carbocycles. The van der Waals surface area contributed by atoms with Crippen molar-refractivity contribution in [3.8, 4) is 5.75 Å². The number of anilines is 3. The summed E-state index contributed by atoms with van der Waals surface area (Å²) >= 11 is 0. The van der Waals surface area contributed by atoms with Gasteiger partial charge in [0.1, 0.15) is 29.9 Å². The first-order chi connectivity index (χ1) is 53.8. The second-order valence-corrected chi connectivity index (χ2v) is 31.4. The molecular formula is C86H112N10O16. The minimum Gasteiger partial charge on any atom is -0.508 e. The van der Waals surface area contributed by atoms with Crippen molar-refractivity contribution in [1.29, 1.82) is 0 Å². The highest BCUT2D eigenvalue weighted by molar-refractivity contribution is 6.08. The Bertz CT molecular complexity index is 4220. The molecule has 0 aliphatic heterocycles. The SMILES string of the molecule is C=Cc1ccccc1N(Cc1ccccc1CC)C(=O)CCC(=O)NCCOCCOCCOCCNC(=O)C1(C(=O)N[C@@H](CCCNC(N)=O)C(=O)Nc2ccc(COC(=O)N[C@@H](CO)C(=O)Nc3ccc4c(c3)[C@@]3(C)CCC[C@](C)(C(=O)NC(=O)[C@@]5(C)CCC[C@]6(C)c7cc(O)ccc7CC[C@@H]56)[C@@H]3CC4)cc2)CCC1. The molecule has 3 fully saturated rings. The number of hydrogen-bond acceptors (Lipinski definition) is 16. The quantitative estimate of drug-likeness (QED) is 0.0100. The molecule has 5 aliphatic rings. The molecule has 112 heavy (non-hydrogen) atoms. The highest BCUT2D eigenvalue weighted by Gasteiger charge is 2.59. The average Bonchev–Trinajstić information content (AvgIpc) is 0.722. The highest BCUT2D eigenvalue weighted by atomic mass is 16.6. The predicted molar refractivity (Wildman–Crippen MR) is 424 cm³/mol. The van der Waals surface area contributed by atoms with Crippen molar-refractivity contribution in [3.63, 3.8) is 0 Å². The minimum atomic E-state index is -1.43. The van der Waals surface area contributed by atoms with E-state index >= 15 is 0 Å². The number of aromatic hydroxyl groups is 1. The van der Waals surface area contributed by atoms with Crippen molar-refractivity contribution in [3.05, 3.63) is 160 Å². The van der Waals surface area contributed by atoms with E-state index in [9.17, 15) is 58.2 Å². The van der Waals surface area contributed by atoms with Crippen LogP contribution in [-0.2, 0) is 101 Å². The lowest BCUT2D eigenvalue weighted by molar-refractivity contribution is -0.152. The van der Waals surface area contributed by atoms with Gasteiger partial charge in [0.25, 0.3) is 0 Å². The molecular weight excluding hydrogens is 1430 g/mol. The number of aliphatic hydroxyl groups is 1. The lowest BCUT2D eigenvalue weighted by Crippen LogP contribution is -2.60. The van der Waals surface area contributed by atoms with Gasteiger partial charge in [-0.15, -0.1) is 0 Å². The lowest BCUT2D eigenvalue weighted by atomic mass is 9.49. The number of urea groups is 1. The molecule has 0 unspecified atom stereocenters. The number of benzene rings is 5. The van der Waals surface area contributed by atoms with Gasteiger partial charge in [0.2, 0.25) is 47.3 Å². The summed E-state index contributed by atoms with van der Waals surface area (Å²) in [5.74, 6) is -3.32. The summed E-state index contributed by atoms with van der Waals surface area (Å²) in [5.41, 5.74) is 10.7. The third kappa shape index (κ3) is 20.1. The molecule has 602 valence electrons. The normalized spacial score (nSPS) is 21.6. The molecule has 0 spiro atoms. The Morgan fingerprint density at radius 3 is 1.77 bits per heavy atom. The van der Waals surface area contributed by atoms with Crippen LogP contribution in [0, 0.1) is 28.1 Å². The van der Waals surface area contributed by atoms with Crippen LogP contribution in [0.15, 0.2) is 116 Å². The Balaban J connectivity index is 0.620. The number of nitrogens with one attached hydrogen (secondary N) is 8. The number of carbonyl (C=O) groups is 10. The van der Waals surface area contributed by atoms with E-state index in [0.29, 0.717) is 49.2 Å². The molecule has 8 atom stereocenters. The van der Waals surface area contributed by atoms with Crippen LogP contribution >= 0.6 is 0 Å². The fraction of sp³-hybridized carbons (Fsp3) is 0.512. The number of imide groups is 1. The molecule has 5 aromatic rings. The molecule has 0 radical (unpaired) electrons. The summed E-state index contributed by atoms with van der Waals surface area (Å²) < 4.78 is 22.4. The molecule has 10 rings (SSSR count). The van der Waals surface area contributed by atoms with Gasteiger partial charge >= 0.3 is 12.1 Å². The van der Waals surface area contributed by atoms with E-state index < -0.39 is 76.1 Å². The minimum absolute atomic E-state index is 0.0105. The summed E-state index contributed by atoms with van der Waals surface area (Å²) in [6.07, 6.45) is 10.5. The molecule has 26 heteroatoms. The molecule has 0 saturated heterocycles. The molecule has 0 bridgehead atoms. The van der Waals surface area contributed by atoms with E-state index in [1.807, 2.05) is 80.6 Å². The van der Waals surface area contributed by atoms with Gasteiger partial charge in [-0.2, -0.15) is 0 Å². The Hall–Kier alpha value is -10.0. The zero-order valence-corrected chi connectivity index (χ0v) is 65.3. The average molecular weight is 1540 g/mol. The van der Waals surface area contributed by atoms with Crippen LogP contribution < -0.4 is 53.2 Å². The van der Waals surface area contributed by atoms with Gasteiger partial charge in [0.05, 0.1) is 69.3 Å². The summed E-state index contributed by atoms with van der Waals surface area (Å²) in [5, 5.41) is 42.9. The number of ether oxygens (including phenoxy) is 4. The largest absolute Gasteiger partial charge is 0.508 e. The third-order valence-electron chi connectivity index (χ3n) is 24.3. The zero-order valence-electron chi connectivity index (χ0n) is 65.3. The first kappa shape index (κ1) is 84.4. The lowest BCUT2D eigenvalue weighted by Gasteiger charge is -2.56. The number of amides is 11. The molecule has 0 aromatic heterocycles. The van der Waals surface area contributed by atoms with Gasteiger partial charge in [-0.25, -0.2) is 9.59 Å². The molecule has 11 amide bonds. The van der Waals surface area contributed by atoms with Crippen LogP contribution in [0.3, 0.4) is 0 Å². The maximum absolute atomic E-state index is 14.8. The van der Waals surface area contributed by atoms with E-state index in [-0.39, 0.29) is 151 Å². The number of primary amides is 1. The van der Waals surface area contributed by atoms with Crippen molar-refractivity contribution in [2.45, 2.75) is 186 Å². The fourth-order valence-corrected chi connectivity index (χ4v) is 17.9. The van der Waals surface area contributed by atoms with Gasteiger partial charge in [-0.1, -0.05) is 133 Å². The Labute approximate surface area is 656 Å². The molecule has 5 aliphatic carbocycles. The van der Waals surface area contributed by atoms with E-state index in [0.717, 1.165) is 90.4 Å². The van der Waals surface area contributed by atoms with Crippen molar-refractivity contribution in [2.75, 3.05) is 81.4 Å². The van der Waals surface area contributed by atoms with Crippen LogP contribution in [0.5, 0.6) is 5.75 Å². The number of hydrogen-bond donors (Lipinski definition) is 11. The topological polar surface area (TPSA) is 374 Å². The first-order valence-corrected chi connectivity index (χ1v) is 39.6. The van der Waals surface area contributed by atoms with Crippen molar-refractivity contribution in [2.24, 2.45) is 33.8 Å². The standard InChI is InChI=1S/C86H112N10O16/c1-7-57-17-9-10-19-61(57)53-96(69-21-12-11-18-58(69)8-2)73(100)35-34-72(99)88-43-45-109-47-49-111-50-48-110-46-44-89-78(105)86(40-16-41-86)79(106)93-67(20-13-42-90-80(87)107)74(101)91-62-28-22-56(23-29-62)55-112-81(108)94-68(54-97)75(102)92-63-30-24-59-26-32-70-82(3,65(59)51-63)36-14-38-84(70,5)76(103)95-77(104)85(6)39-15-37-83(4)66-52-64(98)31-25-60(66)27-33-71(83)85/h8-12,17-19,21-25,28-31,51-52,67-68,70-71,97-98H,2,7,13-16,20,26-27,32-50,53-55H2,1,3-6H3,(H,88,99)(H,89,105)(H,91,101)(H,92,102)(H,93,106)(H,94,108)(H3,87,90,107)(H,95,103,104)/t67-,68-,70+,71+,82+,83+,84-,85-/m0/s1. The number of alkyl carbamates (subject to hydrolysis) is 1. The van der Waals surface area contributed by atoms with Crippen LogP contribution in [0.2, 0.25) is 0 Å². The van der Waals surface area contributed by atoms with E-state index in [1.165, 1.54) is 5.56 Å². The van der Waals surface area contributed by atoms with E-state index in [4.69, 9.17) is 24.7 Å². The summed E-state index contributed by atoms with van der Waals surface area (Å²) in [7, 11) is 0. The second kappa shape index (κ2) is 38.5. The molecule has 0 heterocycles. The van der Waals surface area contributed by atoms with Crippen LogP contribution in [0.1, 0.15) is 175 Å². The third-order valence-corrected chi connectivity index (χ3v) is 24.3. The number of phenolic OH excluding ortho intramolecular Hbond substituents is 1. The Morgan fingerprint density at radius 1 is 0.598 bits per heavy atom. The number of rotatable bonds is 37. The number of nitrogens with two attached hydrogens (primary N) is 1. The van der Waals surface area contributed by atoms with Crippen LogP contribution in [-0.4, -0.2) is 148 Å². The Kier molecular flexibility index (Phi) is 29.0. The number of para-hydroxylation sites is 1. The van der Waals surface area contributed by atoms with Gasteiger partial charge in [-0.3, -0.25) is 43.7 Å². The number of nitrogens with zero attached hydrogens (tertiary/aromatic N) is 1. The molecule has 5 aromatic carbocycles. The van der Waals surface area contributed by atoms with Gasteiger partial charge in [0, 0.05) is 43.9 Å². The molecule has 26 nitrogen and oxygen atoms in total. The maximum Gasteiger partial charge on any atom is 0.408 e. The number of aryl methyl sites for hydroxylation is 3. The Morgan fingerprint density at radius 2 is 1.16 bits per heavy atom. The smallest absolute Gasteiger partial charge is 0.408 e. The number of aliphatic hydroxyl groups excluding tert-OH is 1.